The lowest BCUT2D eigenvalue weighted by molar-refractivity contribution is 0.528. The van der Waals surface area contributed by atoms with E-state index in [0.717, 1.165) is 23.0 Å². The number of anilines is 1. The minimum atomic E-state index is 0.594. The highest BCUT2D eigenvalue weighted by Crippen LogP contribution is 2.31. The largest absolute Gasteiger partial charge is 0.369 e. The van der Waals surface area contributed by atoms with E-state index in [4.69, 9.17) is 5.73 Å². The first-order valence-corrected chi connectivity index (χ1v) is 8.66. The summed E-state index contributed by atoms with van der Waals surface area (Å²) in [6, 6.07) is 7.38. The molecule has 112 valence electrons. The summed E-state index contributed by atoms with van der Waals surface area (Å²) in [6.45, 7) is 6.37. The fourth-order valence-electron chi connectivity index (χ4n) is 3.02. The summed E-state index contributed by atoms with van der Waals surface area (Å²) in [5, 5.41) is 0. The molecule has 1 aromatic rings. The Morgan fingerprint density at radius 3 is 2.55 bits per heavy atom. The molecule has 0 aromatic heterocycles. The molecule has 0 saturated heterocycles. The van der Waals surface area contributed by atoms with Gasteiger partial charge in [0.1, 0.15) is 0 Å². The van der Waals surface area contributed by atoms with Crippen LogP contribution >= 0.6 is 15.9 Å². The van der Waals surface area contributed by atoms with Gasteiger partial charge < -0.3 is 10.6 Å². The normalized spacial score (nSPS) is 16.1. The number of halogens is 1. The summed E-state index contributed by atoms with van der Waals surface area (Å²) in [6.07, 6.45) is 6.70. The third-order valence-electron chi connectivity index (χ3n) is 4.30. The van der Waals surface area contributed by atoms with E-state index in [1.54, 1.807) is 0 Å². The first-order chi connectivity index (χ1) is 9.61. The second kappa shape index (κ2) is 7.46. The molecule has 0 radical (unpaired) electrons. The summed E-state index contributed by atoms with van der Waals surface area (Å²) in [5.41, 5.74) is 8.29. The zero-order valence-corrected chi connectivity index (χ0v) is 14.3. The highest BCUT2D eigenvalue weighted by Gasteiger charge is 2.23. The van der Waals surface area contributed by atoms with E-state index in [1.807, 2.05) is 0 Å². The molecule has 0 spiro atoms. The van der Waals surface area contributed by atoms with E-state index in [0.29, 0.717) is 6.54 Å². The van der Waals surface area contributed by atoms with Gasteiger partial charge in [-0.15, -0.1) is 0 Å². The monoisotopic (exact) mass is 338 g/mol. The van der Waals surface area contributed by atoms with Crippen LogP contribution in [0.4, 0.5) is 5.69 Å². The lowest BCUT2D eigenvalue weighted by Gasteiger charge is -2.32. The topological polar surface area (TPSA) is 29.3 Å². The van der Waals surface area contributed by atoms with Crippen molar-refractivity contribution in [1.29, 1.82) is 0 Å². The summed E-state index contributed by atoms with van der Waals surface area (Å²) >= 11 is 3.66. The van der Waals surface area contributed by atoms with Crippen LogP contribution in [0.5, 0.6) is 0 Å². The van der Waals surface area contributed by atoms with Crippen LogP contribution in [-0.4, -0.2) is 12.6 Å². The van der Waals surface area contributed by atoms with Gasteiger partial charge >= 0.3 is 0 Å². The molecule has 1 aromatic carbocycles. The quantitative estimate of drug-likeness (QED) is 0.814. The van der Waals surface area contributed by atoms with Gasteiger partial charge in [-0.05, 0) is 42.9 Å². The van der Waals surface area contributed by atoms with E-state index >= 15 is 0 Å². The first kappa shape index (κ1) is 15.8. The first-order valence-electron chi connectivity index (χ1n) is 7.87. The van der Waals surface area contributed by atoms with Gasteiger partial charge in [-0.3, -0.25) is 0 Å². The van der Waals surface area contributed by atoms with Crippen LogP contribution in [-0.2, 0) is 6.54 Å². The van der Waals surface area contributed by atoms with Crippen LogP contribution in [0.1, 0.15) is 51.5 Å². The van der Waals surface area contributed by atoms with Crippen LogP contribution in [0.2, 0.25) is 0 Å². The van der Waals surface area contributed by atoms with Gasteiger partial charge in [0.25, 0.3) is 0 Å². The zero-order valence-electron chi connectivity index (χ0n) is 12.7. The van der Waals surface area contributed by atoms with Crippen LogP contribution in [0.3, 0.4) is 0 Å². The van der Waals surface area contributed by atoms with Crippen molar-refractivity contribution in [2.24, 2.45) is 11.7 Å². The predicted octanol–water partition coefficient (Wildman–Crippen LogP) is 4.70. The molecule has 2 nitrogen and oxygen atoms in total. The molecule has 0 atom stereocenters. The molecule has 0 aliphatic heterocycles. The van der Waals surface area contributed by atoms with E-state index in [2.05, 4.69) is 52.9 Å². The summed E-state index contributed by atoms with van der Waals surface area (Å²) in [7, 11) is 0. The van der Waals surface area contributed by atoms with E-state index in [-0.39, 0.29) is 0 Å². The smallest absolute Gasteiger partial charge is 0.0380 e. The second-order valence-corrected chi connectivity index (χ2v) is 7.15. The minimum absolute atomic E-state index is 0.594. The van der Waals surface area contributed by atoms with Gasteiger partial charge in [-0.1, -0.05) is 48.7 Å². The van der Waals surface area contributed by atoms with Crippen LogP contribution in [0.25, 0.3) is 0 Å². The van der Waals surface area contributed by atoms with Crippen molar-refractivity contribution in [3.8, 4) is 0 Å². The maximum Gasteiger partial charge on any atom is 0.0380 e. The number of hydrogen-bond donors (Lipinski definition) is 1. The van der Waals surface area contributed by atoms with Crippen molar-refractivity contribution in [2.45, 2.75) is 58.5 Å². The third kappa shape index (κ3) is 3.98. The van der Waals surface area contributed by atoms with Gasteiger partial charge in [0, 0.05) is 29.3 Å². The lowest BCUT2D eigenvalue weighted by atomic mass is 10.1. The number of nitrogens with zero attached hydrogens (tertiary/aromatic N) is 1. The number of nitrogens with two attached hydrogens (primary N) is 1. The molecule has 1 fully saturated rings. The molecule has 1 saturated carbocycles. The van der Waals surface area contributed by atoms with Crippen LogP contribution < -0.4 is 10.6 Å². The van der Waals surface area contributed by atoms with Crippen molar-refractivity contribution in [1.82, 2.24) is 0 Å². The molecule has 0 heterocycles. The number of benzene rings is 1. The molecule has 0 amide bonds. The van der Waals surface area contributed by atoms with E-state index in [9.17, 15) is 0 Å². The highest BCUT2D eigenvalue weighted by molar-refractivity contribution is 9.10. The van der Waals surface area contributed by atoms with Crippen molar-refractivity contribution in [3.63, 3.8) is 0 Å². The summed E-state index contributed by atoms with van der Waals surface area (Å²) in [5.74, 6) is 0.755. The Labute approximate surface area is 131 Å². The van der Waals surface area contributed by atoms with Gasteiger partial charge in [0.05, 0.1) is 0 Å². The van der Waals surface area contributed by atoms with Crippen molar-refractivity contribution < 1.29 is 0 Å². The fourth-order valence-corrected chi connectivity index (χ4v) is 3.54. The molecule has 1 aliphatic carbocycles. The summed E-state index contributed by atoms with van der Waals surface area (Å²) < 4.78 is 1.14. The molecule has 3 heteroatoms. The van der Waals surface area contributed by atoms with Gasteiger partial charge in [0.2, 0.25) is 0 Å². The van der Waals surface area contributed by atoms with Gasteiger partial charge in [0.15, 0.2) is 0 Å². The molecular formula is C17H27BrN2. The highest BCUT2D eigenvalue weighted by atomic mass is 79.9. The van der Waals surface area contributed by atoms with Gasteiger partial charge in [-0.2, -0.15) is 0 Å². The molecule has 2 rings (SSSR count). The molecule has 0 unspecified atom stereocenters. The molecular weight excluding hydrogens is 312 g/mol. The Morgan fingerprint density at radius 1 is 1.30 bits per heavy atom. The Morgan fingerprint density at radius 2 is 2.00 bits per heavy atom. The van der Waals surface area contributed by atoms with Crippen molar-refractivity contribution in [3.05, 3.63) is 28.2 Å². The molecule has 0 bridgehead atoms. The number of rotatable bonds is 6. The molecule has 20 heavy (non-hydrogen) atoms. The van der Waals surface area contributed by atoms with Crippen LogP contribution in [0, 0.1) is 5.92 Å². The molecule has 2 N–H and O–H groups in total. The number of hydrogen-bond acceptors (Lipinski definition) is 2. The minimum Gasteiger partial charge on any atom is -0.369 e. The Kier molecular flexibility index (Phi) is 5.91. The fraction of sp³-hybridized carbons (Fsp3) is 0.647. The van der Waals surface area contributed by atoms with E-state index in [1.165, 1.54) is 43.4 Å². The standard InChI is InChI=1S/C17H27BrN2/c1-13(2)9-10-20(15-5-3-4-6-15)16-8-7-14(12-19)17(18)11-16/h7-8,11,13,15H,3-6,9-10,12,19H2,1-2H3. The van der Waals surface area contributed by atoms with E-state index < -0.39 is 0 Å². The zero-order chi connectivity index (χ0) is 14.5. The van der Waals surface area contributed by atoms with Gasteiger partial charge in [-0.25, -0.2) is 0 Å². The maximum absolute atomic E-state index is 5.75. The Bertz CT molecular complexity index is 425. The Balaban J connectivity index is 2.18. The lowest BCUT2D eigenvalue weighted by Crippen LogP contribution is -2.34. The van der Waals surface area contributed by atoms with Crippen molar-refractivity contribution >= 4 is 21.6 Å². The predicted molar refractivity (Wildman–Crippen MR) is 91.1 cm³/mol. The average molecular weight is 339 g/mol. The average Bonchev–Trinajstić information content (AvgIpc) is 2.93. The third-order valence-corrected chi connectivity index (χ3v) is 5.04. The van der Waals surface area contributed by atoms with Crippen molar-refractivity contribution in [2.75, 3.05) is 11.4 Å². The summed E-state index contributed by atoms with van der Waals surface area (Å²) in [4.78, 5) is 2.62. The molecule has 1 aliphatic rings. The van der Waals surface area contributed by atoms with Crippen LogP contribution in [0.15, 0.2) is 22.7 Å². The SMILES string of the molecule is CC(C)CCN(c1ccc(CN)c(Br)c1)C1CCCC1. The maximum atomic E-state index is 5.75. The second-order valence-electron chi connectivity index (χ2n) is 6.29. The Hall–Kier alpha value is -0.540.